The average molecular weight is 345 g/mol. The largest absolute Gasteiger partial charge is 0.482 e. The molecule has 1 fully saturated rings. The summed E-state index contributed by atoms with van der Waals surface area (Å²) >= 11 is 0. The first-order chi connectivity index (χ1) is 11.3. The van der Waals surface area contributed by atoms with Crippen molar-refractivity contribution in [3.05, 3.63) is 29.8 Å². The van der Waals surface area contributed by atoms with E-state index in [1.54, 1.807) is 24.3 Å². The minimum absolute atomic E-state index is 0.0426. The van der Waals surface area contributed by atoms with Gasteiger partial charge in [-0.05, 0) is 30.5 Å². The highest BCUT2D eigenvalue weighted by Gasteiger charge is 2.41. The Bertz CT molecular complexity index is 595. The highest BCUT2D eigenvalue weighted by molar-refractivity contribution is 5.79. The first-order valence-corrected chi connectivity index (χ1v) is 7.53. The fourth-order valence-corrected chi connectivity index (χ4v) is 2.63. The molecular weight excluding hydrogens is 327 g/mol. The lowest BCUT2D eigenvalue weighted by Crippen LogP contribution is -2.42. The van der Waals surface area contributed by atoms with E-state index in [1.807, 2.05) is 0 Å². The van der Waals surface area contributed by atoms with Gasteiger partial charge in [0.05, 0.1) is 12.3 Å². The molecule has 24 heavy (non-hydrogen) atoms. The second-order valence-corrected chi connectivity index (χ2v) is 5.70. The van der Waals surface area contributed by atoms with Crippen LogP contribution in [0.3, 0.4) is 0 Å². The van der Waals surface area contributed by atoms with Crippen LogP contribution in [0.2, 0.25) is 0 Å². The summed E-state index contributed by atoms with van der Waals surface area (Å²) < 4.78 is 42.9. The number of carbonyl (C=O) groups is 2. The molecule has 1 aliphatic heterocycles. The molecule has 8 heteroatoms. The summed E-state index contributed by atoms with van der Waals surface area (Å²) in [5.41, 5.74) is 0.626. The zero-order chi connectivity index (χ0) is 17.7. The molecular formula is C16H18F3NO4. The van der Waals surface area contributed by atoms with Gasteiger partial charge in [-0.15, -0.1) is 0 Å². The van der Waals surface area contributed by atoms with E-state index < -0.39 is 24.7 Å². The Hall–Kier alpha value is -2.25. The molecule has 1 aromatic carbocycles. The van der Waals surface area contributed by atoms with Gasteiger partial charge in [0.15, 0.2) is 6.61 Å². The number of carboxylic acid groups (broad SMARTS) is 1. The van der Waals surface area contributed by atoms with Crippen molar-refractivity contribution in [2.45, 2.75) is 25.4 Å². The lowest BCUT2D eigenvalue weighted by molar-refractivity contribution is -0.186. The van der Waals surface area contributed by atoms with Gasteiger partial charge < -0.3 is 14.7 Å². The Balaban J connectivity index is 1.89. The molecule has 0 aromatic heterocycles. The van der Waals surface area contributed by atoms with E-state index in [4.69, 9.17) is 9.84 Å². The minimum Gasteiger partial charge on any atom is -0.482 e. The van der Waals surface area contributed by atoms with Crippen molar-refractivity contribution in [3.8, 4) is 5.75 Å². The van der Waals surface area contributed by atoms with Crippen LogP contribution in [-0.2, 0) is 16.0 Å². The number of benzene rings is 1. The van der Waals surface area contributed by atoms with E-state index in [0.29, 0.717) is 11.3 Å². The van der Waals surface area contributed by atoms with Crippen molar-refractivity contribution >= 4 is 11.9 Å². The predicted octanol–water partition coefficient (Wildman–Crippen LogP) is 2.49. The lowest BCUT2D eigenvalue weighted by Gasteiger charge is -2.33. The summed E-state index contributed by atoms with van der Waals surface area (Å²) in [4.78, 5) is 24.1. The van der Waals surface area contributed by atoms with Crippen molar-refractivity contribution in [2.75, 3.05) is 19.7 Å². The number of ether oxygens (including phenoxy) is 1. The molecule has 1 saturated heterocycles. The van der Waals surface area contributed by atoms with Crippen molar-refractivity contribution < 1.29 is 32.6 Å². The number of halogens is 3. The molecule has 0 spiro atoms. The topological polar surface area (TPSA) is 66.8 Å². The van der Waals surface area contributed by atoms with Crippen LogP contribution in [0.25, 0.3) is 0 Å². The molecule has 0 saturated carbocycles. The van der Waals surface area contributed by atoms with Crippen molar-refractivity contribution in [1.82, 2.24) is 4.90 Å². The monoisotopic (exact) mass is 345 g/mol. The maximum absolute atomic E-state index is 12.6. The molecule has 0 unspecified atom stereocenters. The van der Waals surface area contributed by atoms with E-state index in [-0.39, 0.29) is 38.3 Å². The number of nitrogens with zero attached hydrogens (tertiary/aromatic N) is 1. The van der Waals surface area contributed by atoms with Crippen LogP contribution in [0.4, 0.5) is 13.2 Å². The fourth-order valence-electron chi connectivity index (χ4n) is 2.63. The molecule has 5 nitrogen and oxygen atoms in total. The van der Waals surface area contributed by atoms with Gasteiger partial charge in [-0.25, -0.2) is 4.79 Å². The third-order valence-corrected chi connectivity index (χ3v) is 3.93. The quantitative estimate of drug-likeness (QED) is 0.890. The van der Waals surface area contributed by atoms with Gasteiger partial charge >= 0.3 is 12.1 Å². The number of piperidine rings is 1. The van der Waals surface area contributed by atoms with Gasteiger partial charge in [0, 0.05) is 13.1 Å². The summed E-state index contributed by atoms with van der Waals surface area (Å²) in [5, 5.41) is 8.57. The Labute approximate surface area is 137 Å². The minimum atomic E-state index is -4.20. The average Bonchev–Trinajstić information content (AvgIpc) is 2.52. The molecule has 1 amide bonds. The van der Waals surface area contributed by atoms with E-state index in [2.05, 4.69) is 0 Å². The molecule has 0 radical (unpaired) electrons. The summed E-state index contributed by atoms with van der Waals surface area (Å²) in [6.45, 7) is -0.293. The second-order valence-electron chi connectivity index (χ2n) is 5.70. The number of rotatable bonds is 5. The van der Waals surface area contributed by atoms with E-state index in [9.17, 15) is 22.8 Å². The predicted molar refractivity (Wildman–Crippen MR) is 78.6 cm³/mol. The molecule has 2 rings (SSSR count). The normalized spacial score (nSPS) is 16.0. The summed E-state index contributed by atoms with van der Waals surface area (Å²) in [6.07, 6.45) is -4.31. The van der Waals surface area contributed by atoms with Gasteiger partial charge in [0.25, 0.3) is 0 Å². The van der Waals surface area contributed by atoms with Crippen LogP contribution < -0.4 is 4.74 Å². The number of alkyl halides is 3. The van der Waals surface area contributed by atoms with Crippen molar-refractivity contribution in [3.63, 3.8) is 0 Å². The van der Waals surface area contributed by atoms with Crippen LogP contribution in [0, 0.1) is 5.92 Å². The summed E-state index contributed by atoms with van der Waals surface area (Å²) in [6, 6.07) is 6.46. The molecule has 0 atom stereocenters. The van der Waals surface area contributed by atoms with E-state index in [0.717, 1.165) is 0 Å². The third-order valence-electron chi connectivity index (χ3n) is 3.93. The number of likely N-dealkylation sites (tertiary alicyclic amines) is 1. The first-order valence-electron chi connectivity index (χ1n) is 7.53. The molecule has 132 valence electrons. The van der Waals surface area contributed by atoms with Crippen LogP contribution in [0.15, 0.2) is 24.3 Å². The smallest absolute Gasteiger partial charge is 0.391 e. The van der Waals surface area contributed by atoms with Gasteiger partial charge in [-0.1, -0.05) is 12.1 Å². The summed E-state index contributed by atoms with van der Waals surface area (Å²) in [7, 11) is 0. The Morgan fingerprint density at radius 1 is 1.25 bits per heavy atom. The van der Waals surface area contributed by atoms with Crippen molar-refractivity contribution in [2.24, 2.45) is 5.92 Å². The second kappa shape index (κ2) is 7.55. The summed E-state index contributed by atoms with van der Waals surface area (Å²) in [5.74, 6) is -2.36. The lowest BCUT2D eigenvalue weighted by atomic mass is 9.96. The zero-order valence-corrected chi connectivity index (χ0v) is 12.9. The van der Waals surface area contributed by atoms with Crippen LogP contribution in [-0.4, -0.2) is 47.8 Å². The molecule has 1 aromatic rings. The SMILES string of the molecule is O=C(O)COc1cccc(CC(=O)N2CCC(C(F)(F)F)CC2)c1. The molecule has 1 aliphatic rings. The third kappa shape index (κ3) is 5.14. The molecule has 1 N–H and O–H groups in total. The number of hydrogen-bond acceptors (Lipinski definition) is 3. The number of carbonyl (C=O) groups excluding carboxylic acids is 1. The number of aliphatic carboxylic acids is 1. The van der Waals surface area contributed by atoms with Crippen LogP contribution in [0.1, 0.15) is 18.4 Å². The van der Waals surface area contributed by atoms with Crippen LogP contribution in [0.5, 0.6) is 5.75 Å². The van der Waals surface area contributed by atoms with Gasteiger partial charge in [0.2, 0.25) is 5.91 Å². The van der Waals surface area contributed by atoms with E-state index in [1.165, 1.54) is 4.90 Å². The molecule has 0 aliphatic carbocycles. The standard InChI is InChI=1S/C16H18F3NO4/c17-16(18,19)12-4-6-20(7-5-12)14(21)9-11-2-1-3-13(8-11)24-10-15(22)23/h1-3,8,12H,4-7,9-10H2,(H,22,23). The zero-order valence-electron chi connectivity index (χ0n) is 12.9. The Morgan fingerprint density at radius 2 is 1.92 bits per heavy atom. The molecule has 1 heterocycles. The molecule has 0 bridgehead atoms. The maximum Gasteiger partial charge on any atom is 0.391 e. The van der Waals surface area contributed by atoms with Gasteiger partial charge in [-0.2, -0.15) is 13.2 Å². The first kappa shape index (κ1) is 18.1. The highest BCUT2D eigenvalue weighted by atomic mass is 19.4. The number of carboxylic acids is 1. The van der Waals surface area contributed by atoms with Crippen LogP contribution >= 0.6 is 0 Å². The Kier molecular flexibility index (Phi) is 5.69. The van der Waals surface area contributed by atoms with E-state index >= 15 is 0 Å². The van der Waals surface area contributed by atoms with Gasteiger partial charge in [0.1, 0.15) is 5.75 Å². The number of amides is 1. The highest BCUT2D eigenvalue weighted by Crippen LogP contribution is 2.34. The number of hydrogen-bond donors (Lipinski definition) is 1. The Morgan fingerprint density at radius 3 is 2.50 bits per heavy atom. The maximum atomic E-state index is 12.6. The van der Waals surface area contributed by atoms with Crippen molar-refractivity contribution in [1.29, 1.82) is 0 Å². The van der Waals surface area contributed by atoms with Gasteiger partial charge in [-0.3, -0.25) is 4.79 Å². The fraction of sp³-hybridized carbons (Fsp3) is 0.500.